The fraction of sp³-hybridized carbons (Fsp3) is 0.698. The second-order valence-electron chi connectivity index (χ2n) is 16.7. The number of amides is 6. The molecule has 57 heavy (non-hydrogen) atoms. The van der Waals surface area contributed by atoms with Crippen LogP contribution in [0.2, 0.25) is 0 Å². The van der Waals surface area contributed by atoms with E-state index in [-0.39, 0.29) is 49.9 Å². The van der Waals surface area contributed by atoms with Crippen molar-refractivity contribution in [2.24, 2.45) is 17.8 Å². The molecule has 14 heteroatoms. The molecule has 0 spiro atoms. The van der Waals surface area contributed by atoms with Gasteiger partial charge in [-0.3, -0.25) is 28.8 Å². The van der Waals surface area contributed by atoms with Gasteiger partial charge in [0.15, 0.2) is 6.10 Å². The third-order valence-corrected chi connectivity index (χ3v) is 10.8. The number of hydrogen-bond acceptors (Lipinski definition) is 8. The molecule has 1 aromatic rings. The molecule has 1 aliphatic rings. The predicted octanol–water partition coefficient (Wildman–Crippen LogP) is 3.85. The van der Waals surface area contributed by atoms with Gasteiger partial charge in [0.1, 0.15) is 36.3 Å². The number of rotatable bonds is 12. The van der Waals surface area contributed by atoms with E-state index in [1.54, 1.807) is 6.92 Å². The quantitative estimate of drug-likeness (QED) is 0.268. The van der Waals surface area contributed by atoms with Crippen LogP contribution in [0, 0.1) is 17.8 Å². The normalized spacial score (nSPS) is 26.2. The van der Waals surface area contributed by atoms with Gasteiger partial charge in [0.2, 0.25) is 29.5 Å². The molecule has 0 aromatic heterocycles. The van der Waals surface area contributed by atoms with Crippen molar-refractivity contribution in [2.45, 2.75) is 156 Å². The standard InChI is InChI=1S/C43H70N6O8/c1-13-15-19-28(7)24-34-41(54)47(10)29(8)43(56)57-30(9)37(50)44-32(14-2)40(53)48(11)35(23-27(5)6)38(51)45-33(22-26(3)4)42(55)49(12)36(39(52)46-34)25-31-20-17-16-18-21-31/h16-18,20-21,26-30,32-36H,13-15,19,22-25H2,1-12H3,(H,44,50)(H,45,51)(H,46,52)/t28?,29?,30-,32?,33+,34?,35?,36?/m1/s1. The topological polar surface area (TPSA) is 175 Å². The minimum Gasteiger partial charge on any atom is -0.451 e. The van der Waals surface area contributed by atoms with E-state index in [0.29, 0.717) is 0 Å². The first-order valence-corrected chi connectivity index (χ1v) is 20.7. The molecular formula is C43H70N6O8. The number of carbonyl (C=O) groups excluding carboxylic acids is 7. The van der Waals surface area contributed by atoms with Crippen LogP contribution in [0.25, 0.3) is 0 Å². The lowest BCUT2D eigenvalue weighted by molar-refractivity contribution is -0.162. The van der Waals surface area contributed by atoms with Crippen LogP contribution in [0.1, 0.15) is 113 Å². The first kappa shape index (κ1) is 48.7. The van der Waals surface area contributed by atoms with Crippen LogP contribution in [0.4, 0.5) is 0 Å². The van der Waals surface area contributed by atoms with Gasteiger partial charge in [-0.15, -0.1) is 0 Å². The monoisotopic (exact) mass is 799 g/mol. The highest BCUT2D eigenvalue weighted by atomic mass is 16.5. The zero-order valence-electron chi connectivity index (χ0n) is 36.4. The van der Waals surface area contributed by atoms with Crippen molar-refractivity contribution < 1.29 is 38.3 Å². The summed E-state index contributed by atoms with van der Waals surface area (Å²) in [6.45, 7) is 16.3. The number of carbonyl (C=O) groups is 7. The van der Waals surface area contributed by atoms with E-state index < -0.39 is 83.8 Å². The van der Waals surface area contributed by atoms with E-state index in [0.717, 1.165) is 24.8 Å². The lowest BCUT2D eigenvalue weighted by Crippen LogP contribution is -2.60. The van der Waals surface area contributed by atoms with Gasteiger partial charge in [-0.2, -0.15) is 0 Å². The Hall–Kier alpha value is -4.49. The Bertz CT molecular complexity index is 1520. The van der Waals surface area contributed by atoms with E-state index in [9.17, 15) is 33.6 Å². The van der Waals surface area contributed by atoms with Gasteiger partial charge in [0, 0.05) is 27.6 Å². The summed E-state index contributed by atoms with van der Waals surface area (Å²) in [7, 11) is 4.45. The molecule has 1 aliphatic heterocycles. The third-order valence-electron chi connectivity index (χ3n) is 10.8. The Morgan fingerprint density at radius 2 is 1.12 bits per heavy atom. The van der Waals surface area contributed by atoms with Crippen LogP contribution in [-0.4, -0.2) is 120 Å². The van der Waals surface area contributed by atoms with Crippen molar-refractivity contribution >= 4 is 41.4 Å². The largest absolute Gasteiger partial charge is 0.451 e. The number of likely N-dealkylation sites (N-methyl/N-ethyl adjacent to an activating group) is 3. The van der Waals surface area contributed by atoms with Crippen molar-refractivity contribution in [3.8, 4) is 0 Å². The van der Waals surface area contributed by atoms with Crippen LogP contribution >= 0.6 is 0 Å². The van der Waals surface area contributed by atoms with Crippen molar-refractivity contribution in [1.82, 2.24) is 30.7 Å². The SMILES string of the molecule is CCCCC(C)CC1NC(=O)C(Cc2ccccc2)N(C)C(=O)[C@H](CC(C)C)NC(=O)C(CC(C)C)N(C)C(=O)C(CC)NC(=O)[C@@H](C)OC(=O)C(C)N(C)C1=O. The zero-order valence-corrected chi connectivity index (χ0v) is 36.4. The van der Waals surface area contributed by atoms with Gasteiger partial charge in [-0.1, -0.05) is 98.1 Å². The molecule has 320 valence electrons. The average molecular weight is 799 g/mol. The molecule has 0 bridgehead atoms. The molecule has 1 fully saturated rings. The first-order valence-electron chi connectivity index (χ1n) is 20.7. The van der Waals surface area contributed by atoms with Crippen LogP contribution in [0.3, 0.4) is 0 Å². The summed E-state index contributed by atoms with van der Waals surface area (Å²) in [5.41, 5.74) is 0.778. The lowest BCUT2D eigenvalue weighted by Gasteiger charge is -2.35. The number of cyclic esters (lactones) is 1. The minimum atomic E-state index is -1.32. The average Bonchev–Trinajstić information content (AvgIpc) is 3.17. The fourth-order valence-electron chi connectivity index (χ4n) is 7.00. The van der Waals surface area contributed by atoms with Gasteiger partial charge < -0.3 is 35.4 Å². The van der Waals surface area contributed by atoms with E-state index in [1.165, 1.54) is 49.7 Å². The van der Waals surface area contributed by atoms with Crippen LogP contribution in [0.5, 0.6) is 0 Å². The Kier molecular flexibility index (Phi) is 19.7. The second-order valence-corrected chi connectivity index (χ2v) is 16.7. The van der Waals surface area contributed by atoms with Crippen LogP contribution in [-0.2, 0) is 44.7 Å². The summed E-state index contributed by atoms with van der Waals surface area (Å²) >= 11 is 0. The van der Waals surface area contributed by atoms with Crippen molar-refractivity contribution in [2.75, 3.05) is 21.1 Å². The summed E-state index contributed by atoms with van der Waals surface area (Å²) in [6, 6.07) is 2.83. The molecule has 1 saturated heterocycles. The maximum atomic E-state index is 14.6. The van der Waals surface area contributed by atoms with Gasteiger partial charge in [-0.05, 0) is 62.8 Å². The van der Waals surface area contributed by atoms with Gasteiger partial charge in [-0.25, -0.2) is 4.79 Å². The summed E-state index contributed by atoms with van der Waals surface area (Å²) in [6.07, 6.45) is 2.44. The minimum absolute atomic E-state index is 0.0248. The Morgan fingerprint density at radius 1 is 0.632 bits per heavy atom. The second kappa shape index (κ2) is 23.0. The number of ether oxygens (including phenoxy) is 1. The highest BCUT2D eigenvalue weighted by molar-refractivity contribution is 5.97. The molecule has 14 nitrogen and oxygen atoms in total. The number of nitrogens with one attached hydrogen (secondary N) is 3. The molecular weight excluding hydrogens is 729 g/mol. The van der Waals surface area contributed by atoms with Crippen molar-refractivity contribution in [1.29, 1.82) is 0 Å². The molecule has 1 heterocycles. The number of unbranched alkanes of at least 4 members (excludes halogenated alkanes) is 1. The van der Waals surface area contributed by atoms with Crippen molar-refractivity contribution in [3.05, 3.63) is 35.9 Å². The zero-order chi connectivity index (χ0) is 43.1. The number of esters is 1. The Morgan fingerprint density at radius 3 is 1.67 bits per heavy atom. The van der Waals surface area contributed by atoms with E-state index in [1.807, 2.05) is 65.0 Å². The molecule has 6 unspecified atom stereocenters. The van der Waals surface area contributed by atoms with Crippen molar-refractivity contribution in [3.63, 3.8) is 0 Å². The predicted molar refractivity (Wildman–Crippen MR) is 219 cm³/mol. The number of hydrogen-bond donors (Lipinski definition) is 3. The van der Waals surface area contributed by atoms with Crippen LogP contribution in [0.15, 0.2) is 30.3 Å². The molecule has 0 saturated carbocycles. The summed E-state index contributed by atoms with van der Waals surface area (Å²) in [4.78, 5) is 102. The number of benzene rings is 1. The molecule has 6 amide bonds. The summed E-state index contributed by atoms with van der Waals surface area (Å²) < 4.78 is 5.52. The fourth-order valence-corrected chi connectivity index (χ4v) is 7.00. The molecule has 0 radical (unpaired) electrons. The molecule has 8 atom stereocenters. The molecule has 2 rings (SSSR count). The maximum Gasteiger partial charge on any atom is 0.329 e. The number of nitrogens with zero attached hydrogens (tertiary/aromatic N) is 3. The molecule has 3 N–H and O–H groups in total. The smallest absolute Gasteiger partial charge is 0.329 e. The Balaban J connectivity index is 2.78. The maximum absolute atomic E-state index is 14.6. The Labute approximate surface area is 340 Å². The first-order chi connectivity index (χ1) is 26.7. The van der Waals surface area contributed by atoms with E-state index in [4.69, 9.17) is 4.74 Å². The summed E-state index contributed by atoms with van der Waals surface area (Å²) in [5.74, 6) is -4.30. The van der Waals surface area contributed by atoms with Crippen LogP contribution < -0.4 is 16.0 Å². The highest BCUT2D eigenvalue weighted by Gasteiger charge is 2.39. The van der Waals surface area contributed by atoms with Gasteiger partial charge in [0.05, 0.1) is 0 Å². The molecule has 1 aromatic carbocycles. The highest BCUT2D eigenvalue weighted by Crippen LogP contribution is 2.20. The summed E-state index contributed by atoms with van der Waals surface area (Å²) in [5, 5.41) is 8.55. The van der Waals surface area contributed by atoms with E-state index >= 15 is 0 Å². The molecule has 0 aliphatic carbocycles. The third kappa shape index (κ3) is 14.4. The van der Waals surface area contributed by atoms with Gasteiger partial charge >= 0.3 is 5.97 Å². The van der Waals surface area contributed by atoms with E-state index in [2.05, 4.69) is 22.9 Å². The van der Waals surface area contributed by atoms with Gasteiger partial charge in [0.25, 0.3) is 5.91 Å². The lowest BCUT2D eigenvalue weighted by atomic mass is 9.94.